The topological polar surface area (TPSA) is 49.4 Å². The minimum atomic E-state index is -0.347. The predicted octanol–water partition coefficient (Wildman–Crippen LogP) is 4.02. The predicted molar refractivity (Wildman–Crippen MR) is 97.5 cm³/mol. The maximum atomic E-state index is 12.1. The Kier molecular flexibility index (Phi) is 6.64. The van der Waals surface area contributed by atoms with Gasteiger partial charge in [-0.1, -0.05) is 59.6 Å². The van der Waals surface area contributed by atoms with E-state index in [9.17, 15) is 9.59 Å². The second-order valence-electron chi connectivity index (χ2n) is 5.38. The van der Waals surface area contributed by atoms with Gasteiger partial charge in [-0.05, 0) is 24.1 Å². The second-order valence-corrected chi connectivity index (χ2v) is 6.19. The number of halogens is 2. The van der Waals surface area contributed by atoms with Crippen molar-refractivity contribution < 1.29 is 9.59 Å². The summed E-state index contributed by atoms with van der Waals surface area (Å²) >= 11 is 12.0. The minimum Gasteiger partial charge on any atom is -0.336 e. The first-order valence-corrected chi connectivity index (χ1v) is 8.24. The first-order valence-electron chi connectivity index (χ1n) is 7.49. The maximum Gasteiger partial charge on any atom is 0.244 e. The van der Waals surface area contributed by atoms with Crippen molar-refractivity contribution in [3.8, 4) is 0 Å². The van der Waals surface area contributed by atoms with Gasteiger partial charge in [-0.15, -0.1) is 0 Å². The zero-order valence-corrected chi connectivity index (χ0v) is 14.8. The molecule has 2 aromatic rings. The number of hydrogen-bond donors (Lipinski definition) is 1. The molecule has 24 heavy (non-hydrogen) atoms. The van der Waals surface area contributed by atoms with Crippen LogP contribution in [0.3, 0.4) is 0 Å². The Morgan fingerprint density at radius 2 is 1.62 bits per heavy atom. The molecular weight excluding hydrogens is 347 g/mol. The number of anilines is 1. The summed E-state index contributed by atoms with van der Waals surface area (Å²) in [4.78, 5) is 25.6. The van der Waals surface area contributed by atoms with E-state index in [0.29, 0.717) is 28.6 Å². The lowest BCUT2D eigenvalue weighted by Gasteiger charge is -2.17. The highest BCUT2D eigenvalue weighted by Crippen LogP contribution is 2.29. The number of para-hydroxylation sites is 1. The molecule has 0 radical (unpaired) electrons. The number of nitrogens with zero attached hydrogens (tertiary/aromatic N) is 1. The first kappa shape index (κ1) is 18.3. The molecule has 0 saturated carbocycles. The van der Waals surface area contributed by atoms with Gasteiger partial charge >= 0.3 is 0 Å². The van der Waals surface area contributed by atoms with E-state index in [4.69, 9.17) is 23.2 Å². The van der Waals surface area contributed by atoms with Gasteiger partial charge in [0.05, 0.1) is 22.3 Å². The molecule has 0 saturated heterocycles. The molecule has 0 unspecified atom stereocenters. The summed E-state index contributed by atoms with van der Waals surface area (Å²) in [5, 5.41) is 3.35. The molecule has 2 amide bonds. The van der Waals surface area contributed by atoms with Crippen molar-refractivity contribution in [3.63, 3.8) is 0 Å². The van der Waals surface area contributed by atoms with Gasteiger partial charge in [0.2, 0.25) is 11.8 Å². The van der Waals surface area contributed by atoms with Crippen LogP contribution in [0.25, 0.3) is 0 Å². The van der Waals surface area contributed by atoms with E-state index < -0.39 is 0 Å². The lowest BCUT2D eigenvalue weighted by atomic mass is 10.1. The third-order valence-electron chi connectivity index (χ3n) is 3.50. The number of nitrogens with one attached hydrogen (secondary N) is 1. The number of amides is 2. The largest absolute Gasteiger partial charge is 0.336 e. The van der Waals surface area contributed by atoms with Gasteiger partial charge in [-0.3, -0.25) is 9.59 Å². The van der Waals surface area contributed by atoms with E-state index in [-0.39, 0.29) is 18.4 Å². The minimum absolute atomic E-state index is 0.0603. The molecule has 1 N–H and O–H groups in total. The quantitative estimate of drug-likeness (QED) is 0.841. The van der Waals surface area contributed by atoms with Gasteiger partial charge in [0, 0.05) is 13.5 Å². The highest BCUT2D eigenvalue weighted by molar-refractivity contribution is 6.39. The molecule has 0 aliphatic rings. The molecule has 0 aliphatic heterocycles. The normalized spacial score (nSPS) is 10.3. The molecule has 0 aromatic heterocycles. The Morgan fingerprint density at radius 1 is 1.00 bits per heavy atom. The molecule has 2 aromatic carbocycles. The summed E-state index contributed by atoms with van der Waals surface area (Å²) in [6, 6.07) is 14.7. The average molecular weight is 365 g/mol. The number of aryl methyl sites for hydroxylation is 1. The Balaban J connectivity index is 1.85. The summed E-state index contributed by atoms with van der Waals surface area (Å²) in [5.41, 5.74) is 1.45. The number of hydrogen-bond acceptors (Lipinski definition) is 2. The lowest BCUT2D eigenvalue weighted by molar-refractivity contribution is -0.133. The third kappa shape index (κ3) is 5.25. The Morgan fingerprint density at radius 3 is 2.25 bits per heavy atom. The lowest BCUT2D eigenvalue weighted by Crippen LogP contribution is -2.35. The number of carbonyl (C=O) groups excluding carboxylic acids is 2. The molecule has 126 valence electrons. The van der Waals surface area contributed by atoms with Crippen LogP contribution in [0, 0.1) is 0 Å². The zero-order valence-electron chi connectivity index (χ0n) is 13.3. The summed E-state index contributed by atoms with van der Waals surface area (Å²) < 4.78 is 0. The molecule has 0 atom stereocenters. The van der Waals surface area contributed by atoms with Crippen molar-refractivity contribution in [2.75, 3.05) is 18.9 Å². The van der Waals surface area contributed by atoms with E-state index in [2.05, 4.69) is 5.32 Å². The van der Waals surface area contributed by atoms with E-state index in [1.807, 2.05) is 30.3 Å². The van der Waals surface area contributed by atoms with Gasteiger partial charge < -0.3 is 10.2 Å². The van der Waals surface area contributed by atoms with Crippen molar-refractivity contribution >= 4 is 40.7 Å². The molecular formula is C18H18Cl2N2O2. The summed E-state index contributed by atoms with van der Waals surface area (Å²) in [5.74, 6) is -0.445. The van der Waals surface area contributed by atoms with Crippen molar-refractivity contribution in [2.24, 2.45) is 0 Å². The van der Waals surface area contributed by atoms with E-state index >= 15 is 0 Å². The number of rotatable bonds is 6. The Bertz CT molecular complexity index is 700. The molecule has 6 heteroatoms. The first-order chi connectivity index (χ1) is 11.5. The highest BCUT2D eigenvalue weighted by Gasteiger charge is 2.15. The van der Waals surface area contributed by atoms with E-state index in [1.165, 1.54) is 4.90 Å². The molecule has 4 nitrogen and oxygen atoms in total. The van der Waals surface area contributed by atoms with Gasteiger partial charge in [-0.25, -0.2) is 0 Å². The van der Waals surface area contributed by atoms with Crippen LogP contribution in [0.15, 0.2) is 48.5 Å². The average Bonchev–Trinajstić information content (AvgIpc) is 2.57. The molecule has 0 bridgehead atoms. The van der Waals surface area contributed by atoms with Gasteiger partial charge in [0.1, 0.15) is 0 Å². The number of likely N-dealkylation sites (N-methyl/N-ethyl adjacent to an activating group) is 1. The van der Waals surface area contributed by atoms with Crippen LogP contribution in [0.5, 0.6) is 0 Å². The van der Waals surface area contributed by atoms with Gasteiger partial charge in [0.25, 0.3) is 0 Å². The van der Waals surface area contributed by atoms with Crippen LogP contribution < -0.4 is 5.32 Å². The summed E-state index contributed by atoms with van der Waals surface area (Å²) in [7, 11) is 1.60. The number of benzene rings is 2. The van der Waals surface area contributed by atoms with Crippen molar-refractivity contribution in [2.45, 2.75) is 12.8 Å². The third-order valence-corrected chi connectivity index (χ3v) is 4.13. The number of carbonyl (C=O) groups is 2. The van der Waals surface area contributed by atoms with Crippen LogP contribution in [0.4, 0.5) is 5.69 Å². The van der Waals surface area contributed by atoms with Crippen molar-refractivity contribution in [3.05, 3.63) is 64.1 Å². The van der Waals surface area contributed by atoms with Crippen LogP contribution in [0.2, 0.25) is 10.0 Å². The Hall–Kier alpha value is -2.04. The fraction of sp³-hybridized carbons (Fsp3) is 0.222. The van der Waals surface area contributed by atoms with Gasteiger partial charge in [0.15, 0.2) is 0 Å². The highest BCUT2D eigenvalue weighted by atomic mass is 35.5. The monoisotopic (exact) mass is 364 g/mol. The van der Waals surface area contributed by atoms with E-state index in [1.54, 1.807) is 25.2 Å². The fourth-order valence-electron chi connectivity index (χ4n) is 2.19. The van der Waals surface area contributed by atoms with Crippen molar-refractivity contribution in [1.29, 1.82) is 0 Å². The molecule has 2 rings (SSSR count). The van der Waals surface area contributed by atoms with Gasteiger partial charge in [-0.2, -0.15) is 0 Å². The maximum absolute atomic E-state index is 12.1. The van der Waals surface area contributed by atoms with Crippen LogP contribution in [-0.2, 0) is 16.0 Å². The summed E-state index contributed by atoms with van der Waals surface area (Å²) in [6.45, 7) is -0.0603. The van der Waals surface area contributed by atoms with Crippen LogP contribution >= 0.6 is 23.2 Å². The second kappa shape index (κ2) is 8.71. The van der Waals surface area contributed by atoms with Crippen LogP contribution in [0.1, 0.15) is 12.0 Å². The summed E-state index contributed by atoms with van der Waals surface area (Å²) in [6.07, 6.45) is 0.989. The molecule has 0 fully saturated rings. The van der Waals surface area contributed by atoms with Crippen LogP contribution in [-0.4, -0.2) is 30.3 Å². The molecule has 0 heterocycles. The van der Waals surface area contributed by atoms with E-state index in [0.717, 1.165) is 5.56 Å². The smallest absolute Gasteiger partial charge is 0.244 e. The standard InChI is InChI=1S/C18H18Cl2N2O2/c1-22(17(24)11-10-13-6-3-2-4-7-13)12-16(23)21-18-14(19)8-5-9-15(18)20/h2-9H,10-12H2,1H3,(H,21,23). The Labute approximate surface area is 151 Å². The zero-order chi connectivity index (χ0) is 17.5. The van der Waals surface area contributed by atoms with Crippen molar-refractivity contribution in [1.82, 2.24) is 4.90 Å². The molecule has 0 aliphatic carbocycles. The fourth-order valence-corrected chi connectivity index (χ4v) is 2.68. The molecule has 0 spiro atoms. The SMILES string of the molecule is CN(CC(=O)Nc1c(Cl)cccc1Cl)C(=O)CCc1ccccc1.